The molecular weight excluding hydrogens is 380 g/mol. The second-order valence-corrected chi connectivity index (χ2v) is 7.15. The van der Waals surface area contributed by atoms with Gasteiger partial charge in [0.05, 0.1) is 11.9 Å². The largest absolute Gasteiger partial charge is 0.493 e. The fourth-order valence-corrected chi connectivity index (χ4v) is 3.41. The van der Waals surface area contributed by atoms with Gasteiger partial charge in [-0.1, -0.05) is 36.9 Å². The summed E-state index contributed by atoms with van der Waals surface area (Å²) in [6.45, 7) is 2.67. The van der Waals surface area contributed by atoms with Crippen LogP contribution >= 0.6 is 11.8 Å². The molecule has 28 heavy (non-hydrogen) atoms. The van der Waals surface area contributed by atoms with Crippen LogP contribution in [0.15, 0.2) is 42.6 Å². The molecule has 1 aliphatic heterocycles. The average Bonchev–Trinajstić information content (AvgIpc) is 3.01. The molecule has 1 aromatic carbocycles. The Kier molecular flexibility index (Phi) is 8.89. The van der Waals surface area contributed by atoms with Crippen molar-refractivity contribution in [2.45, 2.75) is 31.4 Å². The zero-order chi connectivity index (χ0) is 20.4. The highest BCUT2D eigenvalue weighted by Gasteiger charge is 2.31. The summed E-state index contributed by atoms with van der Waals surface area (Å²) in [5, 5.41) is 1.70. The molecule has 3 rings (SSSR count). The standard InChI is InChI=1S/C19H20N2O3S.H4N2O/c1-2-13-3-6-15(20-12-13)9-10-24-16-7-4-14(5-8-16)11-17-18(22)21-19(23)25-17;1-3-2/h3-8,12,17H,2,9-11H2,1H3,(H,21,22,23);1-2H2. The van der Waals surface area contributed by atoms with Crippen LogP contribution in [0.1, 0.15) is 23.7 Å². The first-order chi connectivity index (χ1) is 13.5. The van der Waals surface area contributed by atoms with E-state index in [0.29, 0.717) is 13.0 Å². The minimum atomic E-state index is -0.337. The topological polar surface area (TPSA) is 130 Å². The zero-order valence-corrected chi connectivity index (χ0v) is 16.4. The van der Waals surface area contributed by atoms with E-state index in [1.165, 1.54) is 5.56 Å². The number of amides is 2. The number of hydrogen-bond donors (Lipinski definition) is 3. The number of hydrogen-bond acceptors (Lipinski definition) is 8. The van der Waals surface area contributed by atoms with E-state index < -0.39 is 0 Å². The van der Waals surface area contributed by atoms with Gasteiger partial charge in [-0.3, -0.25) is 19.9 Å². The number of aryl methyl sites for hydroxylation is 1. The number of imide groups is 1. The Hall–Kier alpha value is -2.46. The van der Waals surface area contributed by atoms with Crippen LogP contribution in [-0.4, -0.2) is 28.0 Å². The molecule has 0 saturated carbocycles. The lowest BCUT2D eigenvalue weighted by Crippen LogP contribution is -2.25. The van der Waals surface area contributed by atoms with E-state index in [-0.39, 0.29) is 16.4 Å². The molecule has 150 valence electrons. The Morgan fingerprint density at radius 3 is 2.32 bits per heavy atom. The molecule has 1 unspecified atom stereocenters. The van der Waals surface area contributed by atoms with Crippen molar-refractivity contribution < 1.29 is 19.3 Å². The molecule has 9 heteroatoms. The van der Waals surface area contributed by atoms with Gasteiger partial charge >= 0.3 is 0 Å². The zero-order valence-electron chi connectivity index (χ0n) is 15.6. The summed E-state index contributed by atoms with van der Waals surface area (Å²) in [6.07, 6.45) is 4.19. The van der Waals surface area contributed by atoms with Crippen LogP contribution in [0.5, 0.6) is 5.75 Å². The Morgan fingerprint density at radius 2 is 1.79 bits per heavy atom. The minimum absolute atomic E-state index is 0.211. The number of nitrogens with two attached hydrogens (primary N) is 2. The van der Waals surface area contributed by atoms with Crippen LogP contribution < -0.4 is 21.8 Å². The lowest BCUT2D eigenvalue weighted by molar-refractivity contribution is -0.118. The number of thioether (sulfide) groups is 1. The van der Waals surface area contributed by atoms with Crippen LogP contribution in [0.25, 0.3) is 0 Å². The van der Waals surface area contributed by atoms with Crippen molar-refractivity contribution in [2.24, 2.45) is 11.8 Å². The molecule has 1 saturated heterocycles. The van der Waals surface area contributed by atoms with Gasteiger partial charge in [-0.25, -0.2) is 4.94 Å². The molecule has 1 aliphatic rings. The van der Waals surface area contributed by atoms with Gasteiger partial charge < -0.3 is 4.74 Å². The molecule has 5 N–H and O–H groups in total. The minimum Gasteiger partial charge on any atom is -0.493 e. The summed E-state index contributed by atoms with van der Waals surface area (Å²) in [4.78, 5) is 30.4. The molecule has 1 aromatic heterocycles. The van der Waals surface area contributed by atoms with Gasteiger partial charge in [-0.05, 0) is 42.2 Å². The molecule has 1 fully saturated rings. The maximum absolute atomic E-state index is 11.6. The predicted octanol–water partition coefficient (Wildman–Crippen LogP) is 1.91. The van der Waals surface area contributed by atoms with Gasteiger partial charge in [0.2, 0.25) is 5.91 Å². The van der Waals surface area contributed by atoms with Crippen molar-refractivity contribution in [1.82, 2.24) is 10.3 Å². The van der Waals surface area contributed by atoms with Crippen molar-refractivity contribution >= 4 is 22.9 Å². The number of ether oxygens (including phenoxy) is 1. The van der Waals surface area contributed by atoms with Crippen LogP contribution in [0.3, 0.4) is 0 Å². The third-order valence-corrected chi connectivity index (χ3v) is 5.01. The van der Waals surface area contributed by atoms with Crippen LogP contribution in [0.4, 0.5) is 4.79 Å². The number of rotatable bonds is 7. The lowest BCUT2D eigenvalue weighted by Gasteiger charge is -2.09. The third-order valence-electron chi connectivity index (χ3n) is 4.03. The van der Waals surface area contributed by atoms with Crippen LogP contribution in [0, 0.1) is 0 Å². The summed E-state index contributed by atoms with van der Waals surface area (Å²) in [6, 6.07) is 11.8. The highest BCUT2D eigenvalue weighted by Crippen LogP contribution is 2.23. The summed E-state index contributed by atoms with van der Waals surface area (Å²) in [5.41, 5.74) is 3.25. The molecule has 8 nitrogen and oxygen atoms in total. The predicted molar refractivity (Wildman–Crippen MR) is 107 cm³/mol. The fraction of sp³-hybridized carbons (Fsp3) is 0.316. The van der Waals surface area contributed by atoms with Gasteiger partial charge in [0.1, 0.15) is 5.75 Å². The van der Waals surface area contributed by atoms with Gasteiger partial charge in [-0.15, -0.1) is 0 Å². The van der Waals surface area contributed by atoms with E-state index in [0.717, 1.165) is 41.6 Å². The van der Waals surface area contributed by atoms with E-state index in [4.69, 9.17) is 4.74 Å². The summed E-state index contributed by atoms with van der Waals surface area (Å²) >= 11 is 1.05. The highest BCUT2D eigenvalue weighted by atomic mass is 32.2. The van der Waals surface area contributed by atoms with Crippen molar-refractivity contribution in [2.75, 3.05) is 6.61 Å². The first kappa shape index (κ1) is 21.8. The maximum atomic E-state index is 11.6. The Balaban J connectivity index is 0.000000878. The number of carbonyl (C=O) groups is 2. The molecule has 1 atom stereocenters. The lowest BCUT2D eigenvalue weighted by atomic mass is 10.1. The molecule has 0 bridgehead atoms. The number of nitrogens with zero attached hydrogens (tertiary/aromatic N) is 1. The molecule has 2 amide bonds. The average molecular weight is 404 g/mol. The molecule has 2 aromatic rings. The fourth-order valence-electron chi connectivity index (χ4n) is 2.55. The smallest absolute Gasteiger partial charge is 0.286 e. The number of benzene rings is 1. The summed E-state index contributed by atoms with van der Waals surface area (Å²) in [7, 11) is 0. The summed E-state index contributed by atoms with van der Waals surface area (Å²) in [5.74, 6) is 8.82. The first-order valence-corrected chi connectivity index (χ1v) is 9.66. The second-order valence-electron chi connectivity index (χ2n) is 5.98. The van der Waals surface area contributed by atoms with Gasteiger partial charge in [0.15, 0.2) is 0 Å². The SMILES string of the molecule is CCc1ccc(CCOc2ccc(CC3SC(=O)NC3=O)cc2)nc1.NON. The first-order valence-electron chi connectivity index (χ1n) is 8.78. The Morgan fingerprint density at radius 1 is 1.11 bits per heavy atom. The number of nitrogens with one attached hydrogen (secondary N) is 1. The number of pyridine rings is 1. The van der Waals surface area contributed by atoms with E-state index in [1.807, 2.05) is 36.5 Å². The second kappa shape index (κ2) is 11.4. The van der Waals surface area contributed by atoms with E-state index >= 15 is 0 Å². The van der Waals surface area contributed by atoms with E-state index in [9.17, 15) is 9.59 Å². The van der Waals surface area contributed by atoms with Gasteiger partial charge in [0, 0.05) is 18.3 Å². The highest BCUT2D eigenvalue weighted by molar-refractivity contribution is 8.15. The Labute approximate surface area is 167 Å². The number of aromatic nitrogens is 1. The molecular formula is C19H24N4O4S. The van der Waals surface area contributed by atoms with Crippen molar-refractivity contribution in [3.05, 3.63) is 59.4 Å². The quantitative estimate of drug-likeness (QED) is 0.597. The maximum Gasteiger partial charge on any atom is 0.286 e. The normalized spacial score (nSPS) is 15.6. The monoisotopic (exact) mass is 404 g/mol. The molecule has 0 aliphatic carbocycles. The third kappa shape index (κ3) is 6.93. The van der Waals surface area contributed by atoms with Gasteiger partial charge in [0.25, 0.3) is 5.24 Å². The van der Waals surface area contributed by atoms with Crippen LogP contribution in [0.2, 0.25) is 0 Å². The van der Waals surface area contributed by atoms with Crippen molar-refractivity contribution in [3.8, 4) is 5.75 Å². The van der Waals surface area contributed by atoms with E-state index in [2.05, 4.69) is 40.0 Å². The molecule has 2 heterocycles. The van der Waals surface area contributed by atoms with Crippen molar-refractivity contribution in [1.29, 1.82) is 0 Å². The molecule has 0 spiro atoms. The van der Waals surface area contributed by atoms with Gasteiger partial charge in [-0.2, -0.15) is 11.8 Å². The number of carbonyl (C=O) groups excluding carboxylic acids is 2. The van der Waals surface area contributed by atoms with Crippen LogP contribution in [-0.2, 0) is 29.0 Å². The van der Waals surface area contributed by atoms with E-state index in [1.54, 1.807) is 0 Å². The molecule has 0 radical (unpaired) electrons. The summed E-state index contributed by atoms with van der Waals surface area (Å²) < 4.78 is 5.75. The Bertz CT molecular complexity index is 769. The van der Waals surface area contributed by atoms with Crippen molar-refractivity contribution in [3.63, 3.8) is 0 Å².